The molecular formula is C13H25NO4. The lowest BCUT2D eigenvalue weighted by Crippen LogP contribution is -2.48. The van der Waals surface area contributed by atoms with Crippen molar-refractivity contribution in [2.45, 2.75) is 58.6 Å². The Labute approximate surface area is 109 Å². The molecule has 0 aliphatic heterocycles. The number of hydrogen-bond donors (Lipinski definition) is 1. The normalized spacial score (nSPS) is 12.3. The molecule has 5 heteroatoms. The van der Waals surface area contributed by atoms with Crippen LogP contribution < -0.4 is 0 Å². The van der Waals surface area contributed by atoms with Crippen molar-refractivity contribution in [2.75, 3.05) is 13.7 Å². The predicted molar refractivity (Wildman–Crippen MR) is 69.4 cm³/mol. The van der Waals surface area contributed by atoms with E-state index in [4.69, 9.17) is 9.84 Å². The van der Waals surface area contributed by atoms with Crippen molar-refractivity contribution < 1.29 is 19.4 Å². The zero-order valence-corrected chi connectivity index (χ0v) is 12.2. The smallest absolute Gasteiger partial charge is 0.305 e. The van der Waals surface area contributed by atoms with Gasteiger partial charge in [0.25, 0.3) is 0 Å². The number of aliphatic carboxylic acids is 1. The Hall–Kier alpha value is -1.10. The van der Waals surface area contributed by atoms with Crippen LogP contribution in [0.1, 0.15) is 47.5 Å². The third kappa shape index (κ3) is 6.00. The maximum atomic E-state index is 12.2. The fraction of sp³-hybridized carbons (Fsp3) is 0.846. The zero-order chi connectivity index (χ0) is 14.6. The topological polar surface area (TPSA) is 66.8 Å². The van der Waals surface area contributed by atoms with Crippen LogP contribution in [0.25, 0.3) is 0 Å². The van der Waals surface area contributed by atoms with Gasteiger partial charge in [0.15, 0.2) is 0 Å². The minimum atomic E-state index is -0.900. The predicted octanol–water partition coefficient (Wildman–Crippen LogP) is 1.90. The van der Waals surface area contributed by atoms with Crippen molar-refractivity contribution in [1.29, 1.82) is 0 Å². The Morgan fingerprint density at radius 3 is 2.00 bits per heavy atom. The number of amides is 1. The van der Waals surface area contributed by atoms with E-state index in [-0.39, 0.29) is 25.3 Å². The third-order valence-electron chi connectivity index (χ3n) is 2.79. The van der Waals surface area contributed by atoms with Gasteiger partial charge >= 0.3 is 5.97 Å². The highest BCUT2D eigenvalue weighted by Crippen LogP contribution is 2.20. The summed E-state index contributed by atoms with van der Waals surface area (Å²) < 4.78 is 5.23. The molecule has 0 aromatic heterocycles. The molecule has 0 saturated heterocycles. The Morgan fingerprint density at radius 1 is 1.17 bits per heavy atom. The van der Waals surface area contributed by atoms with Gasteiger partial charge in [0.1, 0.15) is 0 Å². The lowest BCUT2D eigenvalue weighted by atomic mass is 10.00. The molecule has 0 bridgehead atoms. The fourth-order valence-electron chi connectivity index (χ4n) is 1.57. The maximum absolute atomic E-state index is 12.2. The van der Waals surface area contributed by atoms with Gasteiger partial charge in [0, 0.05) is 19.2 Å². The Morgan fingerprint density at radius 2 is 1.67 bits per heavy atom. The highest BCUT2D eigenvalue weighted by Gasteiger charge is 2.31. The van der Waals surface area contributed by atoms with Crippen LogP contribution in [0.15, 0.2) is 0 Å². The lowest BCUT2D eigenvalue weighted by molar-refractivity contribution is -0.143. The van der Waals surface area contributed by atoms with Gasteiger partial charge in [-0.25, -0.2) is 0 Å². The molecule has 0 spiro atoms. The first-order chi connectivity index (χ1) is 7.99. The third-order valence-corrected chi connectivity index (χ3v) is 2.79. The van der Waals surface area contributed by atoms with E-state index in [1.807, 2.05) is 34.6 Å². The molecule has 106 valence electrons. The van der Waals surface area contributed by atoms with Crippen LogP contribution in [0.4, 0.5) is 0 Å². The summed E-state index contributed by atoms with van der Waals surface area (Å²) >= 11 is 0. The first-order valence-corrected chi connectivity index (χ1v) is 6.07. The van der Waals surface area contributed by atoms with Crippen LogP contribution >= 0.6 is 0 Å². The minimum absolute atomic E-state index is 0.0452. The van der Waals surface area contributed by atoms with Crippen LogP contribution in [0.2, 0.25) is 0 Å². The molecule has 18 heavy (non-hydrogen) atoms. The number of carboxylic acid groups (broad SMARTS) is 1. The highest BCUT2D eigenvalue weighted by molar-refractivity contribution is 5.78. The molecule has 5 nitrogen and oxygen atoms in total. The van der Waals surface area contributed by atoms with Gasteiger partial charge in [-0.05, 0) is 34.6 Å². The van der Waals surface area contributed by atoms with Crippen LogP contribution in [-0.2, 0) is 14.3 Å². The largest absolute Gasteiger partial charge is 0.481 e. The molecule has 0 aliphatic carbocycles. The second-order valence-electron chi connectivity index (χ2n) is 6.00. The second kappa shape index (κ2) is 6.18. The fourth-order valence-corrected chi connectivity index (χ4v) is 1.57. The molecular weight excluding hydrogens is 234 g/mol. The molecule has 1 N–H and O–H groups in total. The molecule has 0 aromatic carbocycles. The average Bonchev–Trinajstić information content (AvgIpc) is 2.14. The van der Waals surface area contributed by atoms with E-state index in [2.05, 4.69) is 0 Å². The standard InChI is InChI=1S/C13H25NO4/c1-12(2,3)14(8-7-11(16)17)10(15)9-13(4,5)18-6/h7-9H2,1-6H3,(H,16,17). The van der Waals surface area contributed by atoms with Gasteiger partial charge in [-0.3, -0.25) is 9.59 Å². The molecule has 0 aliphatic rings. The summed E-state index contributed by atoms with van der Waals surface area (Å²) in [6.07, 6.45) is 0.191. The van der Waals surface area contributed by atoms with Gasteiger partial charge in [-0.15, -0.1) is 0 Å². The molecule has 0 saturated carbocycles. The Balaban J connectivity index is 4.77. The van der Waals surface area contributed by atoms with Gasteiger partial charge in [0.05, 0.1) is 18.4 Å². The second-order valence-corrected chi connectivity index (χ2v) is 6.00. The monoisotopic (exact) mass is 259 g/mol. The van der Waals surface area contributed by atoms with Crippen molar-refractivity contribution in [1.82, 2.24) is 4.90 Å². The van der Waals surface area contributed by atoms with Crippen LogP contribution in [0.5, 0.6) is 0 Å². The highest BCUT2D eigenvalue weighted by atomic mass is 16.5. The zero-order valence-electron chi connectivity index (χ0n) is 12.2. The number of ether oxygens (including phenoxy) is 1. The molecule has 0 rings (SSSR count). The van der Waals surface area contributed by atoms with Crippen molar-refractivity contribution in [3.05, 3.63) is 0 Å². The maximum Gasteiger partial charge on any atom is 0.305 e. The SMILES string of the molecule is COC(C)(C)CC(=O)N(CCC(=O)O)C(C)(C)C. The first kappa shape index (κ1) is 16.9. The summed E-state index contributed by atoms with van der Waals surface area (Å²) in [5.74, 6) is -0.987. The minimum Gasteiger partial charge on any atom is -0.481 e. The Kier molecular flexibility index (Phi) is 5.80. The summed E-state index contributed by atoms with van der Waals surface area (Å²) in [5, 5.41) is 8.73. The number of hydrogen-bond acceptors (Lipinski definition) is 3. The van der Waals surface area contributed by atoms with E-state index in [1.165, 1.54) is 0 Å². The van der Waals surface area contributed by atoms with Crippen LogP contribution in [-0.4, -0.2) is 46.7 Å². The molecule has 0 heterocycles. The lowest BCUT2D eigenvalue weighted by Gasteiger charge is -2.37. The van der Waals surface area contributed by atoms with E-state index >= 15 is 0 Å². The molecule has 0 atom stereocenters. The number of carbonyl (C=O) groups is 2. The van der Waals surface area contributed by atoms with E-state index in [0.717, 1.165) is 0 Å². The molecule has 0 fully saturated rings. The Bertz CT molecular complexity index is 305. The molecule has 0 unspecified atom stereocenters. The number of carboxylic acids is 1. The van der Waals surface area contributed by atoms with E-state index < -0.39 is 17.1 Å². The van der Waals surface area contributed by atoms with Crippen LogP contribution in [0.3, 0.4) is 0 Å². The van der Waals surface area contributed by atoms with E-state index in [0.29, 0.717) is 0 Å². The number of rotatable bonds is 6. The summed E-state index contributed by atoms with van der Waals surface area (Å²) in [6, 6.07) is 0. The van der Waals surface area contributed by atoms with Gasteiger partial charge in [-0.1, -0.05) is 0 Å². The molecule has 0 aromatic rings. The van der Waals surface area contributed by atoms with E-state index in [9.17, 15) is 9.59 Å². The first-order valence-electron chi connectivity index (χ1n) is 6.07. The van der Waals surface area contributed by atoms with Crippen molar-refractivity contribution >= 4 is 11.9 Å². The number of carbonyl (C=O) groups excluding carboxylic acids is 1. The van der Waals surface area contributed by atoms with Crippen LogP contribution in [0, 0.1) is 0 Å². The van der Waals surface area contributed by atoms with Gasteiger partial charge < -0.3 is 14.7 Å². The number of methoxy groups -OCH3 is 1. The molecule has 0 radical (unpaired) electrons. The quantitative estimate of drug-likeness (QED) is 0.791. The van der Waals surface area contributed by atoms with Gasteiger partial charge in [-0.2, -0.15) is 0 Å². The number of nitrogens with zero attached hydrogens (tertiary/aromatic N) is 1. The van der Waals surface area contributed by atoms with Gasteiger partial charge in [0.2, 0.25) is 5.91 Å². The molecule has 1 amide bonds. The summed E-state index contributed by atoms with van der Waals surface area (Å²) in [7, 11) is 1.56. The summed E-state index contributed by atoms with van der Waals surface area (Å²) in [5.41, 5.74) is -0.930. The van der Waals surface area contributed by atoms with Crippen molar-refractivity contribution in [3.63, 3.8) is 0 Å². The van der Waals surface area contributed by atoms with Crippen molar-refractivity contribution in [2.24, 2.45) is 0 Å². The summed E-state index contributed by atoms with van der Waals surface area (Å²) in [6.45, 7) is 9.58. The summed E-state index contributed by atoms with van der Waals surface area (Å²) in [4.78, 5) is 24.5. The average molecular weight is 259 g/mol. The van der Waals surface area contributed by atoms with Crippen molar-refractivity contribution in [3.8, 4) is 0 Å². The van der Waals surface area contributed by atoms with E-state index in [1.54, 1.807) is 12.0 Å².